The van der Waals surface area contributed by atoms with E-state index in [1.165, 1.54) is 12.1 Å². The Bertz CT molecular complexity index is 632. The fraction of sp³-hybridized carbons (Fsp3) is 0.267. The van der Waals surface area contributed by atoms with Crippen LogP contribution in [0.15, 0.2) is 45.5 Å². The lowest BCUT2D eigenvalue weighted by Gasteiger charge is -2.16. The molecule has 1 aromatic carbocycles. The Morgan fingerprint density at radius 3 is 2.50 bits per heavy atom. The Morgan fingerprint density at radius 2 is 1.95 bits per heavy atom. The molecule has 20 heavy (non-hydrogen) atoms. The molecule has 0 bridgehead atoms. The molecule has 5 heteroatoms. The van der Waals surface area contributed by atoms with Gasteiger partial charge in [0.2, 0.25) is 0 Å². The maximum Gasteiger partial charge on any atom is 0.287 e. The second-order valence-electron chi connectivity index (χ2n) is 5.07. The van der Waals surface area contributed by atoms with Crippen LogP contribution in [0.3, 0.4) is 0 Å². The lowest BCUT2D eigenvalue weighted by atomic mass is 9.96. The second-order valence-corrected chi connectivity index (χ2v) is 5.86. The van der Waals surface area contributed by atoms with E-state index in [1.807, 2.05) is 0 Å². The molecule has 0 aliphatic heterocycles. The van der Waals surface area contributed by atoms with Gasteiger partial charge in [-0.15, -0.1) is 0 Å². The monoisotopic (exact) mass is 337 g/mol. The van der Waals surface area contributed by atoms with Crippen molar-refractivity contribution in [3.63, 3.8) is 0 Å². The molecule has 0 radical (unpaired) electrons. The predicted molar refractivity (Wildman–Crippen MR) is 76.1 cm³/mol. The molecule has 1 aliphatic carbocycles. The number of rotatable bonds is 4. The third-order valence-corrected chi connectivity index (χ3v) is 4.12. The van der Waals surface area contributed by atoms with E-state index < -0.39 is 0 Å². The molecule has 1 heterocycles. The fourth-order valence-corrected chi connectivity index (χ4v) is 2.60. The van der Waals surface area contributed by atoms with Crippen molar-refractivity contribution in [1.29, 1.82) is 0 Å². The Hall–Kier alpha value is -1.62. The maximum absolute atomic E-state index is 12.9. The van der Waals surface area contributed by atoms with Gasteiger partial charge in [0.25, 0.3) is 5.91 Å². The minimum Gasteiger partial charge on any atom is -0.444 e. The topological polar surface area (TPSA) is 42.2 Å². The number of halogens is 2. The van der Waals surface area contributed by atoms with Crippen molar-refractivity contribution in [2.75, 3.05) is 6.54 Å². The first-order chi connectivity index (χ1) is 9.59. The molecule has 2 aromatic rings. The van der Waals surface area contributed by atoms with Crippen LogP contribution in [0.25, 0.3) is 0 Å². The van der Waals surface area contributed by atoms with Crippen molar-refractivity contribution in [2.24, 2.45) is 0 Å². The summed E-state index contributed by atoms with van der Waals surface area (Å²) in [5.74, 6) is -0.190. The number of carbonyl (C=O) groups is 1. The fourth-order valence-electron chi connectivity index (χ4n) is 2.29. The quantitative estimate of drug-likeness (QED) is 0.925. The summed E-state index contributed by atoms with van der Waals surface area (Å²) in [4.78, 5) is 11.9. The zero-order valence-electron chi connectivity index (χ0n) is 10.7. The first-order valence-electron chi connectivity index (χ1n) is 6.39. The van der Waals surface area contributed by atoms with E-state index in [0.717, 1.165) is 18.4 Å². The molecule has 1 fully saturated rings. The first kappa shape index (κ1) is 13.4. The largest absolute Gasteiger partial charge is 0.444 e. The summed E-state index contributed by atoms with van der Waals surface area (Å²) in [6.45, 7) is 0.537. The summed E-state index contributed by atoms with van der Waals surface area (Å²) in [6, 6.07) is 9.80. The van der Waals surface area contributed by atoms with Crippen LogP contribution in [0.5, 0.6) is 0 Å². The Labute approximate surface area is 124 Å². The third-order valence-electron chi connectivity index (χ3n) is 3.69. The lowest BCUT2D eigenvalue weighted by Crippen LogP contribution is -2.32. The average molecular weight is 338 g/mol. The molecule has 1 aliphatic rings. The van der Waals surface area contributed by atoms with E-state index >= 15 is 0 Å². The zero-order chi connectivity index (χ0) is 14.2. The summed E-state index contributed by atoms with van der Waals surface area (Å²) in [6.07, 6.45) is 2.00. The Balaban J connectivity index is 1.66. The summed E-state index contributed by atoms with van der Waals surface area (Å²) in [7, 11) is 0. The number of hydrogen-bond acceptors (Lipinski definition) is 2. The third kappa shape index (κ3) is 2.63. The molecule has 1 N–H and O–H groups in total. The SMILES string of the molecule is O=C(NCC1(c2ccc(F)cc2)CC1)c1ccc(Br)o1. The van der Waals surface area contributed by atoms with Gasteiger partial charge in [0, 0.05) is 12.0 Å². The first-order valence-corrected chi connectivity index (χ1v) is 7.18. The highest BCUT2D eigenvalue weighted by Crippen LogP contribution is 2.47. The van der Waals surface area contributed by atoms with Gasteiger partial charge in [-0.25, -0.2) is 4.39 Å². The lowest BCUT2D eigenvalue weighted by molar-refractivity contribution is 0.0920. The molecule has 1 amide bonds. The van der Waals surface area contributed by atoms with Crippen molar-refractivity contribution in [3.05, 3.63) is 58.2 Å². The van der Waals surface area contributed by atoms with Crippen LogP contribution in [0, 0.1) is 5.82 Å². The number of nitrogens with one attached hydrogen (secondary N) is 1. The molecular weight excluding hydrogens is 325 g/mol. The molecule has 1 aromatic heterocycles. The van der Waals surface area contributed by atoms with E-state index in [2.05, 4.69) is 21.2 Å². The van der Waals surface area contributed by atoms with Gasteiger partial charge in [-0.2, -0.15) is 0 Å². The van der Waals surface area contributed by atoms with Gasteiger partial charge in [0.15, 0.2) is 10.4 Å². The van der Waals surface area contributed by atoms with Crippen LogP contribution in [-0.2, 0) is 5.41 Å². The smallest absolute Gasteiger partial charge is 0.287 e. The van der Waals surface area contributed by atoms with Crippen LogP contribution in [0.4, 0.5) is 4.39 Å². The van der Waals surface area contributed by atoms with Crippen molar-refractivity contribution in [2.45, 2.75) is 18.3 Å². The van der Waals surface area contributed by atoms with Crippen molar-refractivity contribution >= 4 is 21.8 Å². The molecule has 1 saturated carbocycles. The van der Waals surface area contributed by atoms with E-state index in [9.17, 15) is 9.18 Å². The summed E-state index contributed by atoms with van der Waals surface area (Å²) >= 11 is 3.16. The maximum atomic E-state index is 12.9. The normalized spacial score (nSPS) is 15.9. The van der Waals surface area contributed by atoms with Crippen molar-refractivity contribution in [3.8, 4) is 0 Å². The highest BCUT2D eigenvalue weighted by atomic mass is 79.9. The highest BCUT2D eigenvalue weighted by Gasteiger charge is 2.44. The van der Waals surface area contributed by atoms with Gasteiger partial charge in [0.1, 0.15) is 5.82 Å². The predicted octanol–water partition coefficient (Wildman–Crippen LogP) is 3.64. The number of benzene rings is 1. The van der Waals surface area contributed by atoms with Crippen LogP contribution < -0.4 is 5.32 Å². The van der Waals surface area contributed by atoms with Gasteiger partial charge >= 0.3 is 0 Å². The van der Waals surface area contributed by atoms with E-state index in [4.69, 9.17) is 4.42 Å². The van der Waals surface area contributed by atoms with Gasteiger partial charge in [0.05, 0.1) is 0 Å². The van der Waals surface area contributed by atoms with Crippen LogP contribution in [0.1, 0.15) is 29.0 Å². The highest BCUT2D eigenvalue weighted by molar-refractivity contribution is 9.10. The number of carbonyl (C=O) groups excluding carboxylic acids is 1. The summed E-state index contributed by atoms with van der Waals surface area (Å²) < 4.78 is 18.7. The summed E-state index contributed by atoms with van der Waals surface area (Å²) in [5, 5.41) is 2.88. The van der Waals surface area contributed by atoms with Gasteiger partial charge in [-0.1, -0.05) is 12.1 Å². The Kier molecular flexibility index (Phi) is 3.38. The number of hydrogen-bond donors (Lipinski definition) is 1. The Morgan fingerprint density at radius 1 is 1.25 bits per heavy atom. The van der Waals surface area contributed by atoms with Gasteiger partial charge in [-0.3, -0.25) is 4.79 Å². The van der Waals surface area contributed by atoms with Gasteiger partial charge < -0.3 is 9.73 Å². The number of amides is 1. The number of furan rings is 1. The molecular formula is C15H13BrFNO2. The molecule has 104 valence electrons. The molecule has 0 saturated heterocycles. The standard InChI is InChI=1S/C15H13BrFNO2/c16-13-6-5-12(20-13)14(19)18-9-15(7-8-15)10-1-3-11(17)4-2-10/h1-6H,7-9H2,(H,18,19). The minimum atomic E-state index is -0.242. The van der Waals surface area contributed by atoms with Gasteiger partial charge in [-0.05, 0) is 58.6 Å². The van der Waals surface area contributed by atoms with Crippen molar-refractivity contribution in [1.82, 2.24) is 5.32 Å². The van der Waals surface area contributed by atoms with Crippen molar-refractivity contribution < 1.29 is 13.6 Å². The van der Waals surface area contributed by atoms with E-state index in [0.29, 0.717) is 11.2 Å². The minimum absolute atomic E-state index is 0.0484. The van der Waals surface area contributed by atoms with Crippen LogP contribution in [-0.4, -0.2) is 12.5 Å². The summed E-state index contributed by atoms with van der Waals surface area (Å²) in [5.41, 5.74) is 1.02. The molecule has 3 nitrogen and oxygen atoms in total. The average Bonchev–Trinajstić information content (AvgIpc) is 3.11. The molecule has 0 atom stereocenters. The van der Waals surface area contributed by atoms with E-state index in [1.54, 1.807) is 24.3 Å². The second kappa shape index (κ2) is 5.05. The molecule has 0 unspecified atom stereocenters. The zero-order valence-corrected chi connectivity index (χ0v) is 12.2. The van der Waals surface area contributed by atoms with E-state index in [-0.39, 0.29) is 22.9 Å². The molecule has 0 spiro atoms. The van der Waals surface area contributed by atoms with Crippen LogP contribution in [0.2, 0.25) is 0 Å². The van der Waals surface area contributed by atoms with Crippen LogP contribution >= 0.6 is 15.9 Å². The molecule has 3 rings (SSSR count).